The summed E-state index contributed by atoms with van der Waals surface area (Å²) in [5.74, 6) is -0.344. The van der Waals surface area contributed by atoms with E-state index in [4.69, 9.17) is 5.11 Å². The van der Waals surface area contributed by atoms with Crippen LogP contribution in [0.1, 0.15) is 36.3 Å². The van der Waals surface area contributed by atoms with Gasteiger partial charge < -0.3 is 10.4 Å². The van der Waals surface area contributed by atoms with Crippen molar-refractivity contribution in [2.45, 2.75) is 27.2 Å². The summed E-state index contributed by atoms with van der Waals surface area (Å²) in [7, 11) is 0. The summed E-state index contributed by atoms with van der Waals surface area (Å²) < 4.78 is 0. The Hall–Kier alpha value is -1.58. The smallest absolute Gasteiger partial charge is 0.339 e. The van der Waals surface area contributed by atoms with E-state index in [-0.39, 0.29) is 5.56 Å². The lowest BCUT2D eigenvalue weighted by atomic mass is 10.1. The van der Waals surface area contributed by atoms with Crippen LogP contribution in [-0.2, 0) is 0 Å². The van der Waals surface area contributed by atoms with Crippen molar-refractivity contribution in [3.8, 4) is 0 Å². The van der Waals surface area contributed by atoms with Crippen molar-refractivity contribution in [1.82, 2.24) is 4.98 Å². The number of rotatable bonds is 5. The average Bonchev–Trinajstić information content (AvgIpc) is 2.16. The van der Waals surface area contributed by atoms with E-state index in [9.17, 15) is 4.79 Å². The molecule has 1 heterocycles. The molecule has 88 valence electrons. The van der Waals surface area contributed by atoms with E-state index >= 15 is 0 Å². The number of pyridine rings is 1. The van der Waals surface area contributed by atoms with Gasteiger partial charge in [-0.25, -0.2) is 4.79 Å². The molecule has 0 saturated heterocycles. The number of carboxylic acids is 1. The first-order valence-electron chi connectivity index (χ1n) is 5.44. The molecule has 0 unspecified atom stereocenters. The average molecular weight is 222 g/mol. The maximum atomic E-state index is 11.0. The van der Waals surface area contributed by atoms with Crippen molar-refractivity contribution in [3.63, 3.8) is 0 Å². The molecule has 0 spiro atoms. The van der Waals surface area contributed by atoms with Crippen molar-refractivity contribution in [3.05, 3.63) is 23.5 Å². The molecule has 0 atom stereocenters. The minimum atomic E-state index is -0.945. The lowest BCUT2D eigenvalue weighted by molar-refractivity contribution is 0.0697. The van der Waals surface area contributed by atoms with Crippen molar-refractivity contribution >= 4 is 11.7 Å². The zero-order valence-corrected chi connectivity index (χ0v) is 9.95. The monoisotopic (exact) mass is 222 g/mol. The Morgan fingerprint density at radius 1 is 1.56 bits per heavy atom. The summed E-state index contributed by atoms with van der Waals surface area (Å²) in [6, 6.07) is 1.77. The van der Waals surface area contributed by atoms with E-state index in [0.717, 1.165) is 18.7 Å². The van der Waals surface area contributed by atoms with Gasteiger partial charge in [0.25, 0.3) is 0 Å². The quantitative estimate of drug-likeness (QED) is 0.803. The van der Waals surface area contributed by atoms with Crippen LogP contribution in [0.3, 0.4) is 0 Å². The zero-order valence-electron chi connectivity index (χ0n) is 9.95. The predicted molar refractivity (Wildman–Crippen MR) is 63.9 cm³/mol. The van der Waals surface area contributed by atoms with Gasteiger partial charge in [0.1, 0.15) is 5.56 Å². The molecule has 0 bridgehead atoms. The van der Waals surface area contributed by atoms with Gasteiger partial charge in [0, 0.05) is 18.4 Å². The van der Waals surface area contributed by atoms with E-state index in [1.807, 2.05) is 6.92 Å². The van der Waals surface area contributed by atoms with Crippen LogP contribution in [-0.4, -0.2) is 22.6 Å². The molecule has 0 amide bonds. The Bertz CT molecular complexity index is 375. The third-order valence-corrected chi connectivity index (χ3v) is 2.31. The Kier molecular flexibility index (Phi) is 4.28. The van der Waals surface area contributed by atoms with E-state index in [2.05, 4.69) is 24.1 Å². The SMILES string of the molecule is Cc1cc(NCCC(C)C)c(C(=O)O)cn1. The maximum Gasteiger partial charge on any atom is 0.339 e. The lowest BCUT2D eigenvalue weighted by Crippen LogP contribution is -2.10. The Morgan fingerprint density at radius 3 is 2.81 bits per heavy atom. The number of nitrogens with one attached hydrogen (secondary N) is 1. The molecule has 0 saturated carbocycles. The second-order valence-electron chi connectivity index (χ2n) is 4.29. The molecule has 0 radical (unpaired) electrons. The Labute approximate surface area is 95.7 Å². The molecule has 1 rings (SSSR count). The number of aromatic nitrogens is 1. The fourth-order valence-corrected chi connectivity index (χ4v) is 1.37. The molecule has 1 aromatic heterocycles. The summed E-state index contributed by atoms with van der Waals surface area (Å²) in [4.78, 5) is 14.9. The van der Waals surface area contributed by atoms with Gasteiger partial charge in [-0.3, -0.25) is 4.98 Å². The van der Waals surface area contributed by atoms with Crippen LogP contribution in [0.2, 0.25) is 0 Å². The van der Waals surface area contributed by atoms with Gasteiger partial charge in [-0.15, -0.1) is 0 Å². The number of nitrogens with zero attached hydrogens (tertiary/aromatic N) is 1. The number of carbonyl (C=O) groups is 1. The van der Waals surface area contributed by atoms with Gasteiger partial charge in [-0.1, -0.05) is 13.8 Å². The van der Waals surface area contributed by atoms with Crippen LogP contribution in [0.5, 0.6) is 0 Å². The first-order chi connectivity index (χ1) is 7.50. The maximum absolute atomic E-state index is 11.0. The van der Waals surface area contributed by atoms with E-state index < -0.39 is 5.97 Å². The van der Waals surface area contributed by atoms with Gasteiger partial charge in [0.05, 0.1) is 5.69 Å². The topological polar surface area (TPSA) is 62.2 Å². The highest BCUT2D eigenvalue weighted by atomic mass is 16.4. The second-order valence-corrected chi connectivity index (χ2v) is 4.29. The molecule has 0 aliphatic carbocycles. The van der Waals surface area contributed by atoms with Crippen LogP contribution in [0.15, 0.2) is 12.3 Å². The molecule has 1 aromatic rings. The van der Waals surface area contributed by atoms with E-state index in [0.29, 0.717) is 11.6 Å². The van der Waals surface area contributed by atoms with Gasteiger partial charge in [0.2, 0.25) is 0 Å². The molecule has 16 heavy (non-hydrogen) atoms. The van der Waals surface area contributed by atoms with Crippen molar-refractivity contribution < 1.29 is 9.90 Å². The summed E-state index contributed by atoms with van der Waals surface area (Å²) in [6.45, 7) is 6.90. The highest BCUT2D eigenvalue weighted by Gasteiger charge is 2.10. The van der Waals surface area contributed by atoms with Gasteiger partial charge >= 0.3 is 5.97 Å². The van der Waals surface area contributed by atoms with Crippen LogP contribution in [0, 0.1) is 12.8 Å². The van der Waals surface area contributed by atoms with Gasteiger partial charge in [-0.2, -0.15) is 0 Å². The number of aryl methyl sites for hydroxylation is 1. The molecular weight excluding hydrogens is 204 g/mol. The third kappa shape index (κ3) is 3.53. The second kappa shape index (κ2) is 5.49. The van der Waals surface area contributed by atoms with Gasteiger partial charge in [-0.05, 0) is 25.3 Å². The fraction of sp³-hybridized carbons (Fsp3) is 0.500. The fourth-order valence-electron chi connectivity index (χ4n) is 1.37. The molecule has 0 aliphatic rings. The van der Waals surface area contributed by atoms with E-state index in [1.54, 1.807) is 6.07 Å². The first kappa shape index (κ1) is 12.5. The van der Waals surface area contributed by atoms with Crippen LogP contribution in [0.4, 0.5) is 5.69 Å². The number of hydrogen-bond donors (Lipinski definition) is 2. The Morgan fingerprint density at radius 2 is 2.25 bits per heavy atom. The lowest BCUT2D eigenvalue weighted by Gasteiger charge is -2.11. The van der Waals surface area contributed by atoms with Gasteiger partial charge in [0.15, 0.2) is 0 Å². The van der Waals surface area contributed by atoms with Crippen LogP contribution < -0.4 is 5.32 Å². The number of aromatic carboxylic acids is 1. The largest absolute Gasteiger partial charge is 0.478 e. The molecule has 0 aromatic carbocycles. The van der Waals surface area contributed by atoms with Crippen molar-refractivity contribution in [2.75, 3.05) is 11.9 Å². The molecule has 0 aliphatic heterocycles. The minimum Gasteiger partial charge on any atom is -0.478 e. The molecular formula is C12H18N2O2. The summed E-state index contributed by atoms with van der Waals surface area (Å²) in [6.07, 6.45) is 2.41. The third-order valence-electron chi connectivity index (χ3n) is 2.31. The zero-order chi connectivity index (χ0) is 12.1. The molecule has 0 fully saturated rings. The molecule has 2 N–H and O–H groups in total. The highest BCUT2D eigenvalue weighted by Crippen LogP contribution is 2.16. The Balaban J connectivity index is 2.76. The normalized spacial score (nSPS) is 10.5. The summed E-state index contributed by atoms with van der Waals surface area (Å²) in [5, 5.41) is 12.1. The predicted octanol–water partition coefficient (Wildman–Crippen LogP) is 2.55. The molecule has 4 nitrogen and oxygen atoms in total. The standard InChI is InChI=1S/C12H18N2O2/c1-8(2)4-5-13-11-6-9(3)14-7-10(11)12(15)16/h6-8H,4-5H2,1-3H3,(H,13,14)(H,15,16). The summed E-state index contributed by atoms with van der Waals surface area (Å²) >= 11 is 0. The summed E-state index contributed by atoms with van der Waals surface area (Å²) in [5.41, 5.74) is 1.70. The van der Waals surface area contributed by atoms with Crippen LogP contribution in [0.25, 0.3) is 0 Å². The number of hydrogen-bond acceptors (Lipinski definition) is 3. The highest BCUT2D eigenvalue weighted by molar-refractivity contribution is 5.93. The van der Waals surface area contributed by atoms with E-state index in [1.165, 1.54) is 6.20 Å². The first-order valence-corrected chi connectivity index (χ1v) is 5.44. The number of carboxylic acid groups (broad SMARTS) is 1. The van der Waals surface area contributed by atoms with Crippen molar-refractivity contribution in [2.24, 2.45) is 5.92 Å². The van der Waals surface area contributed by atoms with Crippen LogP contribution >= 0.6 is 0 Å². The molecule has 4 heteroatoms. The number of anilines is 1. The van der Waals surface area contributed by atoms with Crippen molar-refractivity contribution in [1.29, 1.82) is 0 Å². The minimum absolute atomic E-state index is 0.231.